The third-order valence-corrected chi connectivity index (χ3v) is 4.06. The van der Waals surface area contributed by atoms with Crippen molar-refractivity contribution in [2.75, 3.05) is 37.1 Å². The summed E-state index contributed by atoms with van der Waals surface area (Å²) in [6.07, 6.45) is 1.65. The molecule has 0 bridgehead atoms. The number of carbonyl (C=O) groups is 1. The third-order valence-electron chi connectivity index (χ3n) is 4.06. The molecule has 2 heterocycles. The average molecular weight is 408 g/mol. The lowest BCUT2D eigenvalue weighted by atomic mass is 10.3. The van der Waals surface area contributed by atoms with E-state index >= 15 is 0 Å². The number of methoxy groups -OCH3 is 1. The Hall–Kier alpha value is -3.79. The Morgan fingerprint density at radius 1 is 1.20 bits per heavy atom. The van der Waals surface area contributed by atoms with Gasteiger partial charge in [0, 0.05) is 6.20 Å². The van der Waals surface area contributed by atoms with Gasteiger partial charge in [0.05, 0.1) is 25.9 Å². The van der Waals surface area contributed by atoms with Crippen LogP contribution in [0.1, 0.15) is 11.4 Å². The fraction of sp³-hybridized carbons (Fsp3) is 0.250. The number of nitrogens with one attached hydrogen (secondary N) is 2. The van der Waals surface area contributed by atoms with Gasteiger partial charge in [0.2, 0.25) is 17.8 Å². The molecule has 0 saturated carbocycles. The highest BCUT2D eigenvalue weighted by Gasteiger charge is 2.12. The number of hydrogen-bond donors (Lipinski definition) is 3. The number of likely N-dealkylation sites (N-methyl/N-ethyl adjacent to an activating group) is 1. The molecule has 0 radical (unpaired) electrons. The van der Waals surface area contributed by atoms with Gasteiger partial charge in [0.1, 0.15) is 17.4 Å². The Kier molecular flexibility index (Phi) is 6.71. The van der Waals surface area contributed by atoms with Gasteiger partial charge in [-0.05, 0) is 43.8 Å². The van der Waals surface area contributed by atoms with Gasteiger partial charge in [-0.2, -0.15) is 15.0 Å². The number of benzene rings is 1. The summed E-state index contributed by atoms with van der Waals surface area (Å²) < 4.78 is 5.32. The molecule has 0 spiro atoms. The maximum atomic E-state index is 12.3. The van der Waals surface area contributed by atoms with Crippen LogP contribution in [0.15, 0.2) is 42.6 Å². The lowest BCUT2D eigenvalue weighted by Crippen LogP contribution is -2.30. The van der Waals surface area contributed by atoms with E-state index in [4.69, 9.17) is 10.5 Å². The molecule has 0 atom stereocenters. The first-order valence-electron chi connectivity index (χ1n) is 9.24. The number of carbonyl (C=O) groups excluding carboxylic acids is 1. The number of anilines is 4. The number of ether oxygens (including phenoxy) is 1. The zero-order valence-electron chi connectivity index (χ0n) is 17.1. The number of hydrogen-bond acceptors (Lipinski definition) is 9. The van der Waals surface area contributed by atoms with Crippen molar-refractivity contribution in [3.05, 3.63) is 54.0 Å². The van der Waals surface area contributed by atoms with Crippen LogP contribution in [0.4, 0.5) is 23.4 Å². The Labute approximate surface area is 174 Å². The van der Waals surface area contributed by atoms with Gasteiger partial charge in [-0.3, -0.25) is 9.69 Å². The van der Waals surface area contributed by atoms with E-state index in [9.17, 15) is 4.79 Å². The predicted molar refractivity (Wildman–Crippen MR) is 114 cm³/mol. The molecule has 0 aliphatic rings. The smallest absolute Gasteiger partial charge is 0.239 e. The molecule has 0 aliphatic heterocycles. The summed E-state index contributed by atoms with van der Waals surface area (Å²) in [6.45, 7) is 2.38. The highest BCUT2D eigenvalue weighted by Crippen LogP contribution is 2.25. The largest absolute Gasteiger partial charge is 0.495 e. The molecule has 10 nitrogen and oxygen atoms in total. The summed E-state index contributed by atoms with van der Waals surface area (Å²) >= 11 is 0. The van der Waals surface area contributed by atoms with Gasteiger partial charge in [0.15, 0.2) is 0 Å². The van der Waals surface area contributed by atoms with Crippen molar-refractivity contribution in [3.8, 4) is 5.75 Å². The maximum absolute atomic E-state index is 12.3. The summed E-state index contributed by atoms with van der Waals surface area (Å²) in [5.41, 5.74) is 7.56. The third kappa shape index (κ3) is 5.85. The molecule has 0 aliphatic carbocycles. The first kappa shape index (κ1) is 20.9. The van der Waals surface area contributed by atoms with Crippen LogP contribution in [0, 0.1) is 6.92 Å². The van der Waals surface area contributed by atoms with Crippen molar-refractivity contribution in [2.45, 2.75) is 13.5 Å². The minimum Gasteiger partial charge on any atom is -0.495 e. The van der Waals surface area contributed by atoms with E-state index in [0.717, 1.165) is 5.56 Å². The number of amides is 1. The maximum Gasteiger partial charge on any atom is 0.239 e. The molecule has 3 aromatic rings. The van der Waals surface area contributed by atoms with E-state index < -0.39 is 0 Å². The van der Waals surface area contributed by atoms with Crippen LogP contribution in [-0.4, -0.2) is 51.4 Å². The predicted octanol–water partition coefficient (Wildman–Crippen LogP) is 1.98. The Balaban J connectivity index is 1.63. The number of nitrogens with two attached hydrogens (primary N) is 1. The first-order valence-corrected chi connectivity index (χ1v) is 9.24. The zero-order chi connectivity index (χ0) is 21.5. The number of pyridine rings is 1. The molecule has 2 aromatic heterocycles. The van der Waals surface area contributed by atoms with Crippen LogP contribution < -0.4 is 21.1 Å². The fourth-order valence-electron chi connectivity index (χ4n) is 2.76. The van der Waals surface area contributed by atoms with Crippen LogP contribution in [-0.2, 0) is 11.3 Å². The Bertz CT molecular complexity index is 1030. The average Bonchev–Trinajstić information content (AvgIpc) is 2.67. The molecule has 0 fully saturated rings. The van der Waals surface area contributed by atoms with Gasteiger partial charge in [-0.15, -0.1) is 0 Å². The van der Waals surface area contributed by atoms with Crippen molar-refractivity contribution in [3.63, 3.8) is 0 Å². The van der Waals surface area contributed by atoms with Crippen LogP contribution in [0.2, 0.25) is 0 Å². The first-order chi connectivity index (χ1) is 14.4. The highest BCUT2D eigenvalue weighted by molar-refractivity contribution is 5.91. The van der Waals surface area contributed by atoms with Crippen LogP contribution in [0.3, 0.4) is 0 Å². The van der Waals surface area contributed by atoms with E-state index in [0.29, 0.717) is 35.6 Å². The summed E-state index contributed by atoms with van der Waals surface area (Å²) in [5.74, 6) is 1.79. The van der Waals surface area contributed by atoms with Crippen LogP contribution in [0.5, 0.6) is 5.75 Å². The molecular weight excluding hydrogens is 384 g/mol. The van der Waals surface area contributed by atoms with Crippen LogP contribution >= 0.6 is 0 Å². The normalized spacial score (nSPS) is 10.7. The van der Waals surface area contributed by atoms with Crippen LogP contribution in [0.25, 0.3) is 0 Å². The lowest BCUT2D eigenvalue weighted by Gasteiger charge is -2.16. The van der Waals surface area contributed by atoms with Gasteiger partial charge in [-0.1, -0.05) is 12.1 Å². The van der Waals surface area contributed by atoms with E-state index in [1.165, 1.54) is 0 Å². The van der Waals surface area contributed by atoms with Crippen molar-refractivity contribution in [2.24, 2.45) is 0 Å². The van der Waals surface area contributed by atoms with Gasteiger partial charge < -0.3 is 21.1 Å². The summed E-state index contributed by atoms with van der Waals surface area (Å²) in [6, 6.07) is 11.1. The highest BCUT2D eigenvalue weighted by atomic mass is 16.5. The molecule has 0 saturated heterocycles. The molecule has 0 unspecified atom stereocenters. The van der Waals surface area contributed by atoms with E-state index in [-0.39, 0.29) is 18.4 Å². The van der Waals surface area contributed by atoms with E-state index in [2.05, 4.69) is 30.6 Å². The molecule has 30 heavy (non-hydrogen) atoms. The monoisotopic (exact) mass is 408 g/mol. The number of nitrogens with zero attached hydrogens (tertiary/aromatic N) is 5. The second-order valence-corrected chi connectivity index (χ2v) is 6.70. The standard InChI is InChI=1S/C20H24N8O2/c1-13-8-9-22-16(10-13)24-18(29)12-28(2)11-17-25-19(21)27-20(26-17)23-14-6-4-5-7-15(14)30-3/h4-10H,11-12H2,1-3H3,(H,22,24,29)(H3,21,23,25,26,27). The number of aryl methyl sites for hydroxylation is 1. The summed E-state index contributed by atoms with van der Waals surface area (Å²) in [4.78, 5) is 30.8. The second kappa shape index (κ2) is 9.61. The Morgan fingerprint density at radius 2 is 2.00 bits per heavy atom. The zero-order valence-corrected chi connectivity index (χ0v) is 17.1. The molecule has 156 valence electrons. The van der Waals surface area contributed by atoms with Gasteiger partial charge in [0.25, 0.3) is 0 Å². The topological polar surface area (TPSA) is 131 Å². The molecule has 1 amide bonds. The number of aromatic nitrogens is 4. The second-order valence-electron chi connectivity index (χ2n) is 6.70. The number of rotatable bonds is 8. The quantitative estimate of drug-likeness (QED) is 0.512. The minimum atomic E-state index is -0.190. The molecular formula is C20H24N8O2. The van der Waals surface area contributed by atoms with Crippen molar-refractivity contribution in [1.82, 2.24) is 24.8 Å². The minimum absolute atomic E-state index is 0.0826. The summed E-state index contributed by atoms with van der Waals surface area (Å²) in [7, 11) is 3.37. The van der Waals surface area contributed by atoms with E-state index in [1.54, 1.807) is 31.3 Å². The Morgan fingerprint density at radius 3 is 2.77 bits per heavy atom. The lowest BCUT2D eigenvalue weighted by molar-refractivity contribution is -0.117. The van der Waals surface area contributed by atoms with Crippen molar-refractivity contribution >= 4 is 29.3 Å². The van der Waals surface area contributed by atoms with Gasteiger partial charge >= 0.3 is 0 Å². The number of para-hydroxylation sites is 2. The number of nitrogen functional groups attached to an aromatic ring is 1. The fourth-order valence-corrected chi connectivity index (χ4v) is 2.76. The van der Waals surface area contributed by atoms with Gasteiger partial charge in [-0.25, -0.2) is 4.98 Å². The van der Waals surface area contributed by atoms with Crippen molar-refractivity contribution in [1.29, 1.82) is 0 Å². The van der Waals surface area contributed by atoms with E-state index in [1.807, 2.05) is 37.3 Å². The molecule has 1 aromatic carbocycles. The molecule has 4 N–H and O–H groups in total. The summed E-state index contributed by atoms with van der Waals surface area (Å²) in [5, 5.41) is 5.86. The molecule has 3 rings (SSSR count). The molecule has 10 heteroatoms. The SMILES string of the molecule is COc1ccccc1Nc1nc(N)nc(CN(C)CC(=O)Nc2cc(C)ccn2)n1. The van der Waals surface area contributed by atoms with Crippen molar-refractivity contribution < 1.29 is 9.53 Å².